The fourth-order valence-electron chi connectivity index (χ4n) is 3.04. The van der Waals surface area contributed by atoms with Gasteiger partial charge in [0.1, 0.15) is 0 Å². The summed E-state index contributed by atoms with van der Waals surface area (Å²) in [4.78, 5) is 0. The molecule has 78 valence electrons. The van der Waals surface area contributed by atoms with Gasteiger partial charge in [-0.3, -0.25) is 0 Å². The summed E-state index contributed by atoms with van der Waals surface area (Å²) in [7, 11) is 0. The van der Waals surface area contributed by atoms with Gasteiger partial charge in [-0.2, -0.15) is 0 Å². The van der Waals surface area contributed by atoms with E-state index in [1.807, 2.05) is 0 Å². The molecule has 0 heteroatoms. The zero-order chi connectivity index (χ0) is 10.5. The molecular formula is C13H26. The van der Waals surface area contributed by atoms with E-state index in [0.717, 1.165) is 5.92 Å². The Bertz CT molecular complexity index is 187. The van der Waals surface area contributed by atoms with E-state index in [1.165, 1.54) is 12.8 Å². The van der Waals surface area contributed by atoms with Crippen LogP contribution in [0.5, 0.6) is 0 Å². The highest BCUT2D eigenvalue weighted by atomic mass is 14.7. The van der Waals surface area contributed by atoms with Crippen molar-refractivity contribution in [2.24, 2.45) is 22.2 Å². The maximum Gasteiger partial charge on any atom is -0.0195 e. The summed E-state index contributed by atoms with van der Waals surface area (Å²) >= 11 is 0. The third-order valence-electron chi connectivity index (χ3n) is 4.86. The zero-order valence-electron chi connectivity index (χ0n) is 10.5. The Morgan fingerprint density at radius 2 is 1.31 bits per heavy atom. The van der Waals surface area contributed by atoms with E-state index in [9.17, 15) is 0 Å². The topological polar surface area (TPSA) is 0 Å². The summed E-state index contributed by atoms with van der Waals surface area (Å²) in [5.41, 5.74) is 1.57. The second-order valence-electron chi connectivity index (χ2n) is 6.71. The molecule has 0 N–H and O–H groups in total. The van der Waals surface area contributed by atoms with E-state index < -0.39 is 0 Å². The number of rotatable bonds is 2. The first-order valence-electron chi connectivity index (χ1n) is 5.65. The molecule has 0 radical (unpaired) electrons. The molecule has 0 amide bonds. The van der Waals surface area contributed by atoms with E-state index in [1.54, 1.807) is 0 Å². The molecule has 0 unspecified atom stereocenters. The van der Waals surface area contributed by atoms with Gasteiger partial charge in [-0.25, -0.2) is 0 Å². The number of hydrogen-bond donors (Lipinski definition) is 0. The maximum absolute atomic E-state index is 2.45. The summed E-state index contributed by atoms with van der Waals surface area (Å²) in [6.45, 7) is 16.9. The van der Waals surface area contributed by atoms with Crippen molar-refractivity contribution in [3.8, 4) is 0 Å². The molecule has 13 heavy (non-hydrogen) atoms. The van der Waals surface area contributed by atoms with Crippen molar-refractivity contribution < 1.29 is 0 Å². The first kappa shape index (κ1) is 11.1. The summed E-state index contributed by atoms with van der Waals surface area (Å²) in [5.74, 6) is 0.786. The van der Waals surface area contributed by atoms with E-state index in [2.05, 4.69) is 48.5 Å². The Balaban J connectivity index is 2.94. The van der Waals surface area contributed by atoms with Crippen LogP contribution in [0.2, 0.25) is 0 Å². The molecular weight excluding hydrogens is 156 g/mol. The van der Waals surface area contributed by atoms with Gasteiger partial charge >= 0.3 is 0 Å². The van der Waals surface area contributed by atoms with Crippen LogP contribution in [-0.2, 0) is 0 Å². The smallest absolute Gasteiger partial charge is 0.0195 e. The van der Waals surface area contributed by atoms with Crippen LogP contribution in [0.1, 0.15) is 61.3 Å². The van der Waals surface area contributed by atoms with E-state index in [0.29, 0.717) is 16.2 Å². The van der Waals surface area contributed by atoms with Crippen molar-refractivity contribution in [1.82, 2.24) is 0 Å². The van der Waals surface area contributed by atoms with Gasteiger partial charge in [-0.05, 0) is 35.0 Å². The fraction of sp³-hybridized carbons (Fsp3) is 1.00. The van der Waals surface area contributed by atoms with Gasteiger partial charge in [0.25, 0.3) is 0 Å². The molecule has 0 atom stereocenters. The average Bonchev–Trinajstić information content (AvgIpc) is 2.61. The Morgan fingerprint density at radius 3 is 1.38 bits per heavy atom. The molecule has 0 aromatic heterocycles. The van der Waals surface area contributed by atoms with Crippen molar-refractivity contribution in [3.63, 3.8) is 0 Å². The SMILES string of the molecule is CC(C)C(C)(C)C1(C(C)(C)C)CC1. The summed E-state index contributed by atoms with van der Waals surface area (Å²) in [6.07, 6.45) is 2.86. The Labute approximate surface area is 84.1 Å². The van der Waals surface area contributed by atoms with Crippen molar-refractivity contribution in [2.75, 3.05) is 0 Å². The molecule has 1 fully saturated rings. The van der Waals surface area contributed by atoms with Crippen LogP contribution < -0.4 is 0 Å². The minimum Gasteiger partial charge on any atom is -0.0622 e. The molecule has 0 saturated heterocycles. The lowest BCUT2D eigenvalue weighted by molar-refractivity contribution is 0.0200. The van der Waals surface area contributed by atoms with Crippen molar-refractivity contribution in [3.05, 3.63) is 0 Å². The van der Waals surface area contributed by atoms with Gasteiger partial charge < -0.3 is 0 Å². The molecule has 0 bridgehead atoms. The normalized spacial score (nSPS) is 22.2. The van der Waals surface area contributed by atoms with Gasteiger partial charge in [0.05, 0.1) is 0 Å². The van der Waals surface area contributed by atoms with Gasteiger partial charge in [0, 0.05) is 0 Å². The van der Waals surface area contributed by atoms with Crippen molar-refractivity contribution in [2.45, 2.75) is 61.3 Å². The first-order chi connectivity index (χ1) is 5.65. The third kappa shape index (κ3) is 1.43. The third-order valence-corrected chi connectivity index (χ3v) is 4.86. The molecule has 0 heterocycles. The molecule has 0 aromatic carbocycles. The van der Waals surface area contributed by atoms with Gasteiger partial charge in [-0.15, -0.1) is 0 Å². The van der Waals surface area contributed by atoms with Gasteiger partial charge in [0.15, 0.2) is 0 Å². The van der Waals surface area contributed by atoms with Crippen LogP contribution in [0.4, 0.5) is 0 Å². The lowest BCUT2D eigenvalue weighted by Crippen LogP contribution is -2.40. The summed E-state index contributed by atoms with van der Waals surface area (Å²) in [5, 5.41) is 0. The standard InChI is InChI=1S/C13H26/c1-10(2)12(6,7)13(8-9-13)11(3,4)5/h10H,8-9H2,1-7H3. The average molecular weight is 182 g/mol. The van der Waals surface area contributed by atoms with Crippen LogP contribution in [0.25, 0.3) is 0 Å². The van der Waals surface area contributed by atoms with Gasteiger partial charge in [0.2, 0.25) is 0 Å². The highest BCUT2D eigenvalue weighted by Crippen LogP contribution is 2.69. The van der Waals surface area contributed by atoms with E-state index >= 15 is 0 Å². The largest absolute Gasteiger partial charge is 0.0622 e. The Kier molecular flexibility index (Phi) is 2.34. The van der Waals surface area contributed by atoms with E-state index in [-0.39, 0.29) is 0 Å². The molecule has 0 aromatic rings. The van der Waals surface area contributed by atoms with Crippen LogP contribution in [-0.4, -0.2) is 0 Å². The summed E-state index contributed by atoms with van der Waals surface area (Å²) < 4.78 is 0. The van der Waals surface area contributed by atoms with Crippen LogP contribution in [0.15, 0.2) is 0 Å². The van der Waals surface area contributed by atoms with Crippen molar-refractivity contribution in [1.29, 1.82) is 0 Å². The maximum atomic E-state index is 2.45. The molecule has 0 spiro atoms. The Hall–Kier alpha value is 0. The van der Waals surface area contributed by atoms with Crippen LogP contribution >= 0.6 is 0 Å². The molecule has 1 rings (SSSR count). The highest BCUT2D eigenvalue weighted by molar-refractivity contribution is 5.10. The minimum absolute atomic E-state index is 0.473. The lowest BCUT2D eigenvalue weighted by atomic mass is 9.58. The summed E-state index contributed by atoms with van der Waals surface area (Å²) in [6, 6.07) is 0. The minimum atomic E-state index is 0.473. The monoisotopic (exact) mass is 182 g/mol. The molecule has 1 aliphatic rings. The fourth-order valence-corrected chi connectivity index (χ4v) is 3.04. The predicted octanol–water partition coefficient (Wildman–Crippen LogP) is 4.49. The highest BCUT2D eigenvalue weighted by Gasteiger charge is 2.61. The number of hydrogen-bond acceptors (Lipinski definition) is 0. The molecule has 0 aliphatic heterocycles. The lowest BCUT2D eigenvalue weighted by Gasteiger charge is -2.46. The zero-order valence-corrected chi connectivity index (χ0v) is 10.5. The van der Waals surface area contributed by atoms with E-state index in [4.69, 9.17) is 0 Å². The van der Waals surface area contributed by atoms with Crippen molar-refractivity contribution >= 4 is 0 Å². The van der Waals surface area contributed by atoms with Crippen LogP contribution in [0.3, 0.4) is 0 Å². The van der Waals surface area contributed by atoms with Gasteiger partial charge in [-0.1, -0.05) is 48.5 Å². The first-order valence-corrected chi connectivity index (χ1v) is 5.65. The molecule has 0 nitrogen and oxygen atoms in total. The second kappa shape index (κ2) is 2.74. The second-order valence-corrected chi connectivity index (χ2v) is 6.71. The Morgan fingerprint density at radius 1 is 0.923 bits per heavy atom. The quantitative estimate of drug-likeness (QED) is 0.590. The molecule has 1 aliphatic carbocycles. The predicted molar refractivity (Wildman–Crippen MR) is 59.7 cm³/mol. The van der Waals surface area contributed by atoms with Crippen LogP contribution in [0, 0.1) is 22.2 Å². The molecule has 1 saturated carbocycles.